The summed E-state index contributed by atoms with van der Waals surface area (Å²) in [6.45, 7) is 5.38. The van der Waals surface area contributed by atoms with Gasteiger partial charge in [0.2, 0.25) is 10.0 Å². The summed E-state index contributed by atoms with van der Waals surface area (Å²) in [5.41, 5.74) is 2.04. The average Bonchev–Trinajstić information content (AvgIpc) is 3.10. The van der Waals surface area contributed by atoms with Crippen LogP contribution in [0.5, 0.6) is 0 Å². The third-order valence-electron chi connectivity index (χ3n) is 4.53. The van der Waals surface area contributed by atoms with Crippen LogP contribution in [0.25, 0.3) is 11.3 Å². The Bertz CT molecular complexity index is 1090. The van der Waals surface area contributed by atoms with Crippen molar-refractivity contribution in [2.45, 2.75) is 38.1 Å². The standard InChI is InChI=1S/C21H23N3O4S/c1-4-14(2)24-29(26,27)18-12-10-17(11-13-18)22-21(25)19-15(3)28-23-20(19)16-8-6-5-7-9-16/h5-14,24H,4H2,1-3H3,(H,22,25)/t14-/m0/s1. The Morgan fingerprint density at radius 3 is 2.38 bits per heavy atom. The summed E-state index contributed by atoms with van der Waals surface area (Å²) < 4.78 is 32.5. The van der Waals surface area contributed by atoms with Crippen molar-refractivity contribution in [1.29, 1.82) is 0 Å². The normalized spacial score (nSPS) is 12.5. The van der Waals surface area contributed by atoms with Crippen molar-refractivity contribution in [2.24, 2.45) is 0 Å². The van der Waals surface area contributed by atoms with Crippen LogP contribution in [0.15, 0.2) is 64.0 Å². The molecule has 0 aliphatic rings. The first-order chi connectivity index (χ1) is 13.8. The van der Waals surface area contributed by atoms with Gasteiger partial charge in [0, 0.05) is 17.3 Å². The SMILES string of the molecule is CC[C@H](C)NS(=O)(=O)c1ccc(NC(=O)c2c(-c3ccccc3)noc2C)cc1. The van der Waals surface area contributed by atoms with Gasteiger partial charge in [-0.3, -0.25) is 4.79 Å². The summed E-state index contributed by atoms with van der Waals surface area (Å²) >= 11 is 0. The van der Waals surface area contributed by atoms with E-state index < -0.39 is 10.0 Å². The van der Waals surface area contributed by atoms with E-state index in [1.54, 1.807) is 26.0 Å². The second kappa shape index (κ2) is 8.59. The van der Waals surface area contributed by atoms with Gasteiger partial charge in [-0.15, -0.1) is 0 Å². The molecule has 8 heteroatoms. The number of hydrogen-bond donors (Lipinski definition) is 2. The molecule has 0 aliphatic carbocycles. The van der Waals surface area contributed by atoms with Gasteiger partial charge in [-0.1, -0.05) is 42.4 Å². The molecule has 0 saturated carbocycles. The van der Waals surface area contributed by atoms with E-state index in [2.05, 4.69) is 15.2 Å². The minimum absolute atomic E-state index is 0.141. The number of hydrogen-bond acceptors (Lipinski definition) is 5. The summed E-state index contributed by atoms with van der Waals surface area (Å²) in [6.07, 6.45) is 0.690. The number of aryl methyl sites for hydroxylation is 1. The lowest BCUT2D eigenvalue weighted by Gasteiger charge is -2.12. The molecule has 152 valence electrons. The average molecular weight is 413 g/mol. The van der Waals surface area contributed by atoms with Gasteiger partial charge >= 0.3 is 0 Å². The molecule has 2 N–H and O–H groups in total. The van der Waals surface area contributed by atoms with Crippen molar-refractivity contribution in [2.75, 3.05) is 5.32 Å². The van der Waals surface area contributed by atoms with Crippen molar-refractivity contribution in [3.63, 3.8) is 0 Å². The predicted octanol–water partition coefficient (Wildman–Crippen LogP) is 3.98. The van der Waals surface area contributed by atoms with Crippen molar-refractivity contribution >= 4 is 21.6 Å². The number of sulfonamides is 1. The molecule has 0 saturated heterocycles. The lowest BCUT2D eigenvalue weighted by atomic mass is 10.1. The van der Waals surface area contributed by atoms with Crippen molar-refractivity contribution in [3.8, 4) is 11.3 Å². The van der Waals surface area contributed by atoms with Gasteiger partial charge in [0.25, 0.3) is 5.91 Å². The van der Waals surface area contributed by atoms with Crippen LogP contribution in [0.1, 0.15) is 36.4 Å². The van der Waals surface area contributed by atoms with Gasteiger partial charge in [-0.25, -0.2) is 13.1 Å². The first-order valence-corrected chi connectivity index (χ1v) is 10.8. The molecule has 1 amide bonds. The van der Waals surface area contributed by atoms with Crippen LogP contribution < -0.4 is 10.0 Å². The monoisotopic (exact) mass is 413 g/mol. The Balaban J connectivity index is 1.80. The molecule has 0 bridgehead atoms. The number of amides is 1. The minimum Gasteiger partial charge on any atom is -0.360 e. The third kappa shape index (κ3) is 4.72. The highest BCUT2D eigenvalue weighted by molar-refractivity contribution is 7.89. The molecule has 2 aromatic carbocycles. The molecule has 0 radical (unpaired) electrons. The maximum atomic E-state index is 12.8. The molecule has 29 heavy (non-hydrogen) atoms. The number of nitrogens with one attached hydrogen (secondary N) is 2. The predicted molar refractivity (Wildman–Crippen MR) is 111 cm³/mol. The van der Waals surface area contributed by atoms with Crippen LogP contribution >= 0.6 is 0 Å². The van der Waals surface area contributed by atoms with Gasteiger partial charge in [0.05, 0.1) is 4.90 Å². The fourth-order valence-electron chi connectivity index (χ4n) is 2.76. The second-order valence-electron chi connectivity index (χ2n) is 6.74. The highest BCUT2D eigenvalue weighted by atomic mass is 32.2. The van der Waals surface area contributed by atoms with E-state index in [1.165, 1.54) is 12.1 Å². The largest absolute Gasteiger partial charge is 0.360 e. The Morgan fingerprint density at radius 1 is 1.10 bits per heavy atom. The van der Waals surface area contributed by atoms with Crippen LogP contribution in [-0.2, 0) is 10.0 Å². The summed E-state index contributed by atoms with van der Waals surface area (Å²) in [5.74, 6) is 0.0224. The van der Waals surface area contributed by atoms with Gasteiger partial charge in [0.15, 0.2) is 0 Å². The number of carbonyl (C=O) groups is 1. The zero-order chi connectivity index (χ0) is 21.0. The molecule has 3 aromatic rings. The summed E-state index contributed by atoms with van der Waals surface area (Å²) in [4.78, 5) is 13.0. The fraction of sp³-hybridized carbons (Fsp3) is 0.238. The summed E-state index contributed by atoms with van der Waals surface area (Å²) in [5, 5.41) is 6.78. The molecule has 3 rings (SSSR count). The highest BCUT2D eigenvalue weighted by Gasteiger charge is 2.22. The number of benzene rings is 2. The molecular weight excluding hydrogens is 390 g/mol. The van der Waals surface area contributed by atoms with Crippen molar-refractivity contribution < 1.29 is 17.7 Å². The van der Waals surface area contributed by atoms with E-state index in [1.807, 2.05) is 37.3 Å². The van der Waals surface area contributed by atoms with E-state index in [9.17, 15) is 13.2 Å². The Labute approximate surface area is 170 Å². The minimum atomic E-state index is -3.60. The van der Waals surface area contributed by atoms with E-state index >= 15 is 0 Å². The maximum absolute atomic E-state index is 12.8. The smallest absolute Gasteiger partial charge is 0.261 e. The van der Waals surface area contributed by atoms with Crippen LogP contribution in [-0.4, -0.2) is 25.5 Å². The first kappa shape index (κ1) is 20.8. The van der Waals surface area contributed by atoms with Crippen LogP contribution in [0.2, 0.25) is 0 Å². The van der Waals surface area contributed by atoms with E-state index in [0.29, 0.717) is 29.1 Å². The lowest BCUT2D eigenvalue weighted by molar-refractivity contribution is 0.102. The number of rotatable bonds is 7. The Morgan fingerprint density at radius 2 is 1.76 bits per heavy atom. The Kier molecular flexibility index (Phi) is 6.14. The summed E-state index contributed by atoms with van der Waals surface area (Å²) in [6, 6.07) is 15.1. The third-order valence-corrected chi connectivity index (χ3v) is 6.13. The lowest BCUT2D eigenvalue weighted by Crippen LogP contribution is -2.31. The van der Waals surface area contributed by atoms with Gasteiger partial charge in [0.1, 0.15) is 17.0 Å². The molecular formula is C21H23N3O4S. The number of nitrogens with zero attached hydrogens (tertiary/aromatic N) is 1. The molecule has 1 atom stereocenters. The number of aromatic nitrogens is 1. The topological polar surface area (TPSA) is 101 Å². The van der Waals surface area contributed by atoms with Gasteiger partial charge in [-0.05, 0) is 44.5 Å². The first-order valence-electron chi connectivity index (χ1n) is 9.27. The van der Waals surface area contributed by atoms with Gasteiger partial charge in [-0.2, -0.15) is 0 Å². The fourth-order valence-corrected chi connectivity index (χ4v) is 4.09. The van der Waals surface area contributed by atoms with Crippen LogP contribution in [0, 0.1) is 6.92 Å². The molecule has 1 aromatic heterocycles. The zero-order valence-corrected chi connectivity index (χ0v) is 17.3. The molecule has 7 nitrogen and oxygen atoms in total. The second-order valence-corrected chi connectivity index (χ2v) is 8.45. The van der Waals surface area contributed by atoms with E-state index in [4.69, 9.17) is 4.52 Å². The molecule has 0 spiro atoms. The number of carbonyl (C=O) groups excluding carboxylic acids is 1. The summed E-state index contributed by atoms with van der Waals surface area (Å²) in [7, 11) is -3.60. The molecule has 0 fully saturated rings. The maximum Gasteiger partial charge on any atom is 0.261 e. The highest BCUT2D eigenvalue weighted by Crippen LogP contribution is 2.26. The van der Waals surface area contributed by atoms with Crippen LogP contribution in [0.4, 0.5) is 5.69 Å². The van der Waals surface area contributed by atoms with E-state index in [0.717, 1.165) is 5.56 Å². The molecule has 0 aliphatic heterocycles. The molecule has 1 heterocycles. The number of anilines is 1. The van der Waals surface area contributed by atoms with Crippen molar-refractivity contribution in [3.05, 3.63) is 65.9 Å². The zero-order valence-electron chi connectivity index (χ0n) is 16.5. The van der Waals surface area contributed by atoms with Crippen molar-refractivity contribution in [1.82, 2.24) is 9.88 Å². The van der Waals surface area contributed by atoms with E-state index in [-0.39, 0.29) is 16.8 Å². The van der Waals surface area contributed by atoms with Gasteiger partial charge < -0.3 is 9.84 Å². The van der Waals surface area contributed by atoms with Crippen LogP contribution in [0.3, 0.4) is 0 Å². The quantitative estimate of drug-likeness (QED) is 0.610. The molecule has 0 unspecified atom stereocenters. The Hall–Kier alpha value is -2.97.